The van der Waals surface area contributed by atoms with E-state index in [2.05, 4.69) is 20.8 Å². The van der Waals surface area contributed by atoms with Crippen LogP contribution in [0.4, 0.5) is 5.13 Å². The first-order valence-corrected chi connectivity index (χ1v) is 9.54. The number of hydrogen-bond acceptors (Lipinski definition) is 8. The molecule has 0 aliphatic rings. The number of rotatable bonds is 11. The number of hydrogen-bond donors (Lipinski definition) is 2. The third kappa shape index (κ3) is 7.33. The maximum atomic E-state index is 11.8. The average Bonchev–Trinajstić information content (AvgIpc) is 3.22. The van der Waals surface area contributed by atoms with Crippen LogP contribution >= 0.6 is 23.1 Å². The second-order valence-electron chi connectivity index (χ2n) is 5.22. The summed E-state index contributed by atoms with van der Waals surface area (Å²) in [4.78, 5) is 11.8. The van der Waals surface area contributed by atoms with Gasteiger partial charge in [-0.3, -0.25) is 4.79 Å². The minimum Gasteiger partial charge on any atom is -0.467 e. The molecular weight excluding hydrogens is 348 g/mol. The Labute approximate surface area is 149 Å². The van der Waals surface area contributed by atoms with Gasteiger partial charge in [0.25, 0.3) is 0 Å². The largest absolute Gasteiger partial charge is 0.467 e. The molecule has 0 aromatic carbocycles. The Bertz CT molecular complexity index is 602. The van der Waals surface area contributed by atoms with Crippen molar-refractivity contribution in [2.75, 3.05) is 24.2 Å². The summed E-state index contributed by atoms with van der Waals surface area (Å²) in [6, 6.07) is 3.73. The first-order chi connectivity index (χ1) is 11.6. The van der Waals surface area contributed by atoms with Gasteiger partial charge in [0.1, 0.15) is 5.76 Å². The van der Waals surface area contributed by atoms with Gasteiger partial charge in [0, 0.05) is 13.2 Å². The Kier molecular flexibility index (Phi) is 8.06. The molecule has 0 spiro atoms. The zero-order valence-corrected chi connectivity index (χ0v) is 15.4. The van der Waals surface area contributed by atoms with Crippen molar-refractivity contribution in [3.05, 3.63) is 24.2 Å². The van der Waals surface area contributed by atoms with Crippen LogP contribution in [-0.4, -0.2) is 41.1 Å². The monoisotopic (exact) mass is 370 g/mol. The highest BCUT2D eigenvalue weighted by molar-refractivity contribution is 8.01. The van der Waals surface area contributed by atoms with E-state index in [4.69, 9.17) is 9.15 Å². The van der Waals surface area contributed by atoms with E-state index in [1.54, 1.807) is 6.26 Å². The lowest BCUT2D eigenvalue weighted by Crippen LogP contribution is -2.27. The van der Waals surface area contributed by atoms with Gasteiger partial charge in [-0.15, -0.1) is 10.2 Å². The van der Waals surface area contributed by atoms with Crippen molar-refractivity contribution in [2.45, 2.75) is 37.3 Å². The topological polar surface area (TPSA) is 89.3 Å². The van der Waals surface area contributed by atoms with Crippen molar-refractivity contribution in [3.8, 4) is 0 Å². The van der Waals surface area contributed by atoms with Crippen LogP contribution in [0.2, 0.25) is 0 Å². The van der Waals surface area contributed by atoms with Crippen molar-refractivity contribution in [3.63, 3.8) is 0 Å². The SMILES string of the molecule is CC(C)OCCCNC(=O)CSc1nnc(NCc2ccco2)s1. The second-order valence-corrected chi connectivity index (χ2v) is 7.42. The van der Waals surface area contributed by atoms with Crippen molar-refractivity contribution in [1.82, 2.24) is 15.5 Å². The number of aromatic nitrogens is 2. The number of nitrogens with one attached hydrogen (secondary N) is 2. The van der Waals surface area contributed by atoms with Gasteiger partial charge < -0.3 is 19.8 Å². The fraction of sp³-hybridized carbons (Fsp3) is 0.533. The van der Waals surface area contributed by atoms with E-state index < -0.39 is 0 Å². The Hall–Kier alpha value is -1.58. The molecule has 0 bridgehead atoms. The van der Waals surface area contributed by atoms with Crippen LogP contribution in [-0.2, 0) is 16.1 Å². The number of ether oxygens (including phenoxy) is 1. The number of anilines is 1. The van der Waals surface area contributed by atoms with E-state index in [0.717, 1.165) is 16.5 Å². The molecule has 0 aliphatic heterocycles. The second kappa shape index (κ2) is 10.3. The van der Waals surface area contributed by atoms with Crippen LogP contribution in [0.15, 0.2) is 27.2 Å². The molecule has 0 saturated carbocycles. The zero-order valence-electron chi connectivity index (χ0n) is 13.8. The van der Waals surface area contributed by atoms with Gasteiger partial charge in [-0.1, -0.05) is 23.1 Å². The summed E-state index contributed by atoms with van der Waals surface area (Å²) in [6.07, 6.45) is 2.67. The number of furan rings is 1. The number of nitrogens with zero attached hydrogens (tertiary/aromatic N) is 2. The molecule has 0 atom stereocenters. The molecule has 2 aromatic heterocycles. The third-order valence-electron chi connectivity index (χ3n) is 2.82. The molecule has 0 radical (unpaired) electrons. The van der Waals surface area contributed by atoms with Crippen molar-refractivity contribution in [2.24, 2.45) is 0 Å². The number of carbonyl (C=O) groups is 1. The van der Waals surface area contributed by atoms with Crippen molar-refractivity contribution in [1.29, 1.82) is 0 Å². The molecular formula is C15H22N4O3S2. The Balaban J connectivity index is 1.59. The summed E-state index contributed by atoms with van der Waals surface area (Å²) in [5, 5.41) is 14.8. The third-order valence-corrected chi connectivity index (χ3v) is 4.84. The molecule has 0 fully saturated rings. The fourth-order valence-corrected chi connectivity index (χ4v) is 3.29. The highest BCUT2D eigenvalue weighted by atomic mass is 32.2. The first-order valence-electron chi connectivity index (χ1n) is 7.74. The van der Waals surface area contributed by atoms with Crippen LogP contribution in [0.1, 0.15) is 26.0 Å². The summed E-state index contributed by atoms with van der Waals surface area (Å²) in [6.45, 7) is 5.83. The molecule has 132 valence electrons. The van der Waals surface area contributed by atoms with Gasteiger partial charge in [-0.2, -0.15) is 0 Å². The maximum Gasteiger partial charge on any atom is 0.230 e. The normalized spacial score (nSPS) is 11.0. The number of thioether (sulfide) groups is 1. The highest BCUT2D eigenvalue weighted by Crippen LogP contribution is 2.25. The average molecular weight is 371 g/mol. The molecule has 1 amide bonds. The van der Waals surface area contributed by atoms with E-state index in [0.29, 0.717) is 30.6 Å². The van der Waals surface area contributed by atoms with E-state index in [1.165, 1.54) is 23.1 Å². The van der Waals surface area contributed by atoms with Gasteiger partial charge >= 0.3 is 0 Å². The highest BCUT2D eigenvalue weighted by Gasteiger charge is 2.08. The summed E-state index contributed by atoms with van der Waals surface area (Å²) in [5.41, 5.74) is 0. The molecule has 0 unspecified atom stereocenters. The van der Waals surface area contributed by atoms with Crippen LogP contribution in [0, 0.1) is 0 Å². The zero-order chi connectivity index (χ0) is 17.2. The first kappa shape index (κ1) is 18.8. The molecule has 2 heterocycles. The Morgan fingerprint density at radius 1 is 1.46 bits per heavy atom. The predicted octanol–water partition coefficient (Wildman–Crippen LogP) is 2.77. The molecule has 2 N–H and O–H groups in total. The molecule has 24 heavy (non-hydrogen) atoms. The minimum atomic E-state index is -0.00941. The number of carbonyl (C=O) groups excluding carboxylic acids is 1. The predicted molar refractivity (Wildman–Crippen MR) is 95.4 cm³/mol. The lowest BCUT2D eigenvalue weighted by atomic mass is 10.4. The van der Waals surface area contributed by atoms with Crippen molar-refractivity contribution >= 4 is 34.1 Å². The van der Waals surface area contributed by atoms with E-state index in [1.807, 2.05) is 26.0 Å². The van der Waals surface area contributed by atoms with E-state index in [-0.39, 0.29) is 12.0 Å². The van der Waals surface area contributed by atoms with Crippen molar-refractivity contribution < 1.29 is 13.9 Å². The molecule has 9 heteroatoms. The minimum absolute atomic E-state index is 0.00941. The Morgan fingerprint density at radius 2 is 2.33 bits per heavy atom. The standard InChI is InChI=1S/C15H22N4O3S2/c1-11(2)21-8-4-6-16-13(20)10-23-15-19-18-14(24-15)17-9-12-5-3-7-22-12/h3,5,7,11H,4,6,8-10H2,1-2H3,(H,16,20)(H,17,18). The Morgan fingerprint density at radius 3 is 3.08 bits per heavy atom. The molecule has 0 saturated heterocycles. The maximum absolute atomic E-state index is 11.8. The summed E-state index contributed by atoms with van der Waals surface area (Å²) in [5.74, 6) is 1.16. The number of amides is 1. The quantitative estimate of drug-likeness (QED) is 0.464. The lowest BCUT2D eigenvalue weighted by molar-refractivity contribution is -0.118. The molecule has 2 rings (SSSR count). The summed E-state index contributed by atoms with van der Waals surface area (Å²) in [7, 11) is 0. The van der Waals surface area contributed by atoms with Crippen LogP contribution in [0.25, 0.3) is 0 Å². The van der Waals surface area contributed by atoms with Gasteiger partial charge in [0.05, 0.1) is 24.7 Å². The van der Waals surface area contributed by atoms with Gasteiger partial charge in [0.15, 0.2) is 4.34 Å². The molecule has 0 aliphatic carbocycles. The smallest absolute Gasteiger partial charge is 0.230 e. The lowest BCUT2D eigenvalue weighted by Gasteiger charge is -2.07. The molecule has 2 aromatic rings. The summed E-state index contributed by atoms with van der Waals surface area (Å²) < 4.78 is 11.4. The van der Waals surface area contributed by atoms with E-state index >= 15 is 0 Å². The van der Waals surface area contributed by atoms with Gasteiger partial charge in [0.2, 0.25) is 11.0 Å². The van der Waals surface area contributed by atoms with Gasteiger partial charge in [-0.25, -0.2) is 0 Å². The summed E-state index contributed by atoms with van der Waals surface area (Å²) >= 11 is 2.80. The fourth-order valence-electron chi connectivity index (χ4n) is 1.71. The van der Waals surface area contributed by atoms with Crippen LogP contribution < -0.4 is 10.6 Å². The molecule has 7 nitrogen and oxygen atoms in total. The van der Waals surface area contributed by atoms with Crippen LogP contribution in [0.3, 0.4) is 0 Å². The van der Waals surface area contributed by atoms with Crippen LogP contribution in [0.5, 0.6) is 0 Å². The van der Waals surface area contributed by atoms with E-state index in [9.17, 15) is 4.79 Å². The van der Waals surface area contributed by atoms with Gasteiger partial charge in [-0.05, 0) is 32.4 Å².